The van der Waals surface area contributed by atoms with Crippen molar-refractivity contribution >= 4 is 17.7 Å². The third kappa shape index (κ3) is 3.00. The minimum atomic E-state index is -0.342. The fourth-order valence-electron chi connectivity index (χ4n) is 4.88. The topological polar surface area (TPSA) is 51.5 Å². The van der Waals surface area contributed by atoms with Crippen molar-refractivity contribution in [1.29, 1.82) is 0 Å². The molecule has 2 aromatic rings. The van der Waals surface area contributed by atoms with Gasteiger partial charge in [0.15, 0.2) is 0 Å². The van der Waals surface area contributed by atoms with Gasteiger partial charge in [-0.3, -0.25) is 4.79 Å². The summed E-state index contributed by atoms with van der Waals surface area (Å²) in [4.78, 5) is 27.2. The van der Waals surface area contributed by atoms with E-state index in [1.807, 2.05) is 36.5 Å². The number of carbonyl (C=O) groups excluding carboxylic acids is 1. The molecule has 0 unspecified atom stereocenters. The summed E-state index contributed by atoms with van der Waals surface area (Å²) in [6.07, 6.45) is 11.8. The van der Waals surface area contributed by atoms with Crippen molar-refractivity contribution in [1.82, 2.24) is 4.57 Å². The summed E-state index contributed by atoms with van der Waals surface area (Å²) in [5.74, 6) is -0.342. The molecule has 3 aliphatic rings. The van der Waals surface area contributed by atoms with Gasteiger partial charge in [0.2, 0.25) is 0 Å². The molecule has 1 spiro atoms. The Kier molecular flexibility index (Phi) is 4.16. The molecule has 1 aromatic carbocycles. The summed E-state index contributed by atoms with van der Waals surface area (Å²) in [5, 5.41) is 0. The lowest BCUT2D eigenvalue weighted by molar-refractivity contribution is 0.0601. The third-order valence-electron chi connectivity index (χ3n) is 6.95. The number of nitrogens with zero attached hydrogens (tertiary/aromatic N) is 2. The van der Waals surface area contributed by atoms with Gasteiger partial charge in [-0.25, -0.2) is 4.79 Å². The highest BCUT2D eigenvalue weighted by Crippen LogP contribution is 2.54. The number of hydrogen-bond donors (Lipinski definition) is 0. The maximum Gasteiger partial charge on any atom is 0.337 e. The number of allylic oxidation sites excluding steroid dienone is 1. The van der Waals surface area contributed by atoms with Crippen LogP contribution < -0.4 is 10.5 Å². The van der Waals surface area contributed by atoms with E-state index in [2.05, 4.69) is 4.90 Å². The Morgan fingerprint density at radius 2 is 1.86 bits per heavy atom. The average molecular weight is 390 g/mol. The maximum absolute atomic E-state index is 12.6. The van der Waals surface area contributed by atoms with Crippen molar-refractivity contribution in [3.05, 3.63) is 57.5 Å². The molecule has 2 aliphatic carbocycles. The van der Waals surface area contributed by atoms with Crippen LogP contribution in [0.4, 0.5) is 5.69 Å². The molecule has 1 aromatic heterocycles. The van der Waals surface area contributed by atoms with Gasteiger partial charge in [0.1, 0.15) is 0 Å². The van der Waals surface area contributed by atoms with Crippen molar-refractivity contribution in [2.24, 2.45) is 12.5 Å². The predicted molar refractivity (Wildman–Crippen MR) is 114 cm³/mol. The van der Waals surface area contributed by atoms with Gasteiger partial charge in [0, 0.05) is 48.7 Å². The molecule has 2 heterocycles. The van der Waals surface area contributed by atoms with Crippen LogP contribution in [-0.4, -0.2) is 30.7 Å². The molecule has 29 heavy (non-hydrogen) atoms. The Labute approximate surface area is 170 Å². The lowest BCUT2D eigenvalue weighted by Gasteiger charge is -2.35. The Bertz CT molecular complexity index is 1080. The van der Waals surface area contributed by atoms with Gasteiger partial charge < -0.3 is 14.2 Å². The molecule has 2 fully saturated rings. The van der Waals surface area contributed by atoms with Gasteiger partial charge in [-0.15, -0.1) is 0 Å². The van der Waals surface area contributed by atoms with Gasteiger partial charge in [0.05, 0.1) is 12.7 Å². The number of ether oxygens (including phenoxy) is 1. The third-order valence-corrected chi connectivity index (χ3v) is 6.95. The second kappa shape index (κ2) is 6.61. The first-order chi connectivity index (χ1) is 14.0. The first kappa shape index (κ1) is 18.2. The van der Waals surface area contributed by atoms with E-state index < -0.39 is 0 Å². The molecule has 0 bridgehead atoms. The van der Waals surface area contributed by atoms with Gasteiger partial charge in [-0.1, -0.05) is 12.2 Å². The lowest BCUT2D eigenvalue weighted by Crippen LogP contribution is -2.34. The summed E-state index contributed by atoms with van der Waals surface area (Å²) in [6.45, 7) is 2.07. The van der Waals surface area contributed by atoms with Crippen LogP contribution in [0.1, 0.15) is 47.2 Å². The number of carbonyl (C=O) groups is 1. The van der Waals surface area contributed by atoms with Crippen molar-refractivity contribution < 1.29 is 9.53 Å². The van der Waals surface area contributed by atoms with Gasteiger partial charge in [0.25, 0.3) is 5.56 Å². The van der Waals surface area contributed by atoms with Crippen LogP contribution in [0.15, 0.2) is 35.3 Å². The fourth-order valence-corrected chi connectivity index (χ4v) is 4.88. The molecule has 5 nitrogen and oxygen atoms in total. The summed E-state index contributed by atoms with van der Waals surface area (Å²) in [7, 11) is 3.20. The number of aromatic nitrogens is 1. The van der Waals surface area contributed by atoms with E-state index in [4.69, 9.17) is 4.74 Å². The van der Waals surface area contributed by atoms with Crippen molar-refractivity contribution in [3.63, 3.8) is 0 Å². The normalized spacial score (nSPS) is 18.8. The van der Waals surface area contributed by atoms with E-state index in [0.717, 1.165) is 41.0 Å². The largest absolute Gasteiger partial charge is 0.465 e. The predicted octanol–water partition coefficient (Wildman–Crippen LogP) is 3.79. The molecule has 0 radical (unpaired) electrons. The van der Waals surface area contributed by atoms with Crippen LogP contribution in [0.3, 0.4) is 0 Å². The van der Waals surface area contributed by atoms with E-state index in [1.54, 1.807) is 11.6 Å². The van der Waals surface area contributed by atoms with Crippen LogP contribution in [0.25, 0.3) is 17.2 Å². The number of piperidine rings is 1. The zero-order valence-electron chi connectivity index (χ0n) is 17.0. The average Bonchev–Trinajstić information content (AvgIpc) is 3.31. The van der Waals surface area contributed by atoms with Gasteiger partial charge in [-0.05, 0) is 61.3 Å². The van der Waals surface area contributed by atoms with E-state index in [0.29, 0.717) is 17.4 Å². The van der Waals surface area contributed by atoms with Crippen molar-refractivity contribution in [2.45, 2.75) is 32.1 Å². The Morgan fingerprint density at radius 1 is 1.10 bits per heavy atom. The van der Waals surface area contributed by atoms with Gasteiger partial charge >= 0.3 is 5.97 Å². The van der Waals surface area contributed by atoms with Crippen LogP contribution in [0.2, 0.25) is 0 Å². The minimum Gasteiger partial charge on any atom is -0.465 e. The highest BCUT2D eigenvalue weighted by atomic mass is 16.5. The SMILES string of the molecule is COC(=O)c1ccc(N2CCC3(CC2)CC3)c(-c2cn(C)c(=O)c3c2C=CC3)c1. The molecule has 1 saturated carbocycles. The number of rotatable bonds is 3. The molecule has 150 valence electrons. The number of pyridine rings is 1. The zero-order valence-corrected chi connectivity index (χ0v) is 17.0. The van der Waals surface area contributed by atoms with Crippen LogP contribution in [0, 0.1) is 5.41 Å². The zero-order chi connectivity index (χ0) is 20.2. The molecule has 1 saturated heterocycles. The Hall–Kier alpha value is -2.82. The summed E-state index contributed by atoms with van der Waals surface area (Å²) < 4.78 is 6.62. The number of hydrogen-bond acceptors (Lipinski definition) is 4. The standard InChI is InChI=1S/C24H26N2O3/c1-25-15-20(17-4-3-5-18(17)22(25)27)19-14-16(23(28)29-2)6-7-21(19)26-12-10-24(8-9-24)11-13-26/h3-4,6-7,14-15H,5,8-13H2,1-2H3. The van der Waals surface area contributed by atoms with E-state index in [-0.39, 0.29) is 11.5 Å². The van der Waals surface area contributed by atoms with Crippen LogP contribution >= 0.6 is 0 Å². The van der Waals surface area contributed by atoms with Crippen LogP contribution in [-0.2, 0) is 18.2 Å². The highest BCUT2D eigenvalue weighted by Gasteiger charge is 2.44. The number of anilines is 1. The summed E-state index contributed by atoms with van der Waals surface area (Å²) in [5.41, 5.74) is 6.13. The second-order valence-electron chi connectivity index (χ2n) is 8.67. The van der Waals surface area contributed by atoms with Crippen LogP contribution in [0.5, 0.6) is 0 Å². The lowest BCUT2D eigenvalue weighted by atomic mass is 9.91. The Morgan fingerprint density at radius 3 is 2.55 bits per heavy atom. The first-order valence-electron chi connectivity index (χ1n) is 10.4. The second-order valence-corrected chi connectivity index (χ2v) is 8.67. The molecule has 0 amide bonds. The molecular weight excluding hydrogens is 364 g/mol. The number of esters is 1. The van der Waals surface area contributed by atoms with E-state index in [1.165, 1.54) is 32.8 Å². The van der Waals surface area contributed by atoms with E-state index >= 15 is 0 Å². The number of methoxy groups -OCH3 is 1. The van der Waals surface area contributed by atoms with Gasteiger partial charge in [-0.2, -0.15) is 0 Å². The van der Waals surface area contributed by atoms with E-state index in [9.17, 15) is 9.59 Å². The minimum absolute atomic E-state index is 0.0491. The number of fused-ring (bicyclic) bond motifs is 1. The van der Waals surface area contributed by atoms with Crippen molar-refractivity contribution in [3.8, 4) is 11.1 Å². The quantitative estimate of drug-likeness (QED) is 0.749. The monoisotopic (exact) mass is 390 g/mol. The number of benzene rings is 1. The molecular formula is C24H26N2O3. The molecule has 1 aliphatic heterocycles. The molecule has 0 atom stereocenters. The molecule has 5 rings (SSSR count). The Balaban J connectivity index is 1.65. The fraction of sp³-hybridized carbons (Fsp3) is 0.417. The summed E-state index contributed by atoms with van der Waals surface area (Å²) in [6, 6.07) is 5.82. The molecule has 5 heteroatoms. The maximum atomic E-state index is 12.6. The van der Waals surface area contributed by atoms with Crippen molar-refractivity contribution in [2.75, 3.05) is 25.1 Å². The highest BCUT2D eigenvalue weighted by molar-refractivity contribution is 5.95. The first-order valence-corrected chi connectivity index (χ1v) is 10.4. The smallest absolute Gasteiger partial charge is 0.337 e. The molecule has 0 N–H and O–H groups in total. The summed E-state index contributed by atoms with van der Waals surface area (Å²) >= 11 is 0. The number of aryl methyl sites for hydroxylation is 1.